The van der Waals surface area contributed by atoms with Gasteiger partial charge in [0.1, 0.15) is 0 Å². The Labute approximate surface area is 59.1 Å². The zero-order valence-corrected chi connectivity index (χ0v) is 7.31. The second kappa shape index (κ2) is 7.96. The molecule has 0 heterocycles. The fourth-order valence-corrected chi connectivity index (χ4v) is 0.211. The Morgan fingerprint density at radius 2 is 1.44 bits per heavy atom. The normalized spacial score (nSPS) is 12.3. The van der Waals surface area contributed by atoms with E-state index in [4.69, 9.17) is 5.11 Å². The lowest BCUT2D eigenvalue weighted by molar-refractivity contribution is 0.203. The molecule has 1 N–H and O–H groups in total. The van der Waals surface area contributed by atoms with Crippen molar-refractivity contribution >= 4 is 0 Å². The van der Waals surface area contributed by atoms with Crippen LogP contribution in [0.2, 0.25) is 0 Å². The van der Waals surface area contributed by atoms with Crippen molar-refractivity contribution in [2.24, 2.45) is 11.8 Å². The first kappa shape index (κ1) is 11.7. The minimum atomic E-state index is 0.317. The third-order valence-electron chi connectivity index (χ3n) is 1.43. The molecule has 1 nitrogen and oxygen atoms in total. The Morgan fingerprint density at radius 3 is 1.44 bits per heavy atom. The molecule has 0 rings (SSSR count). The molecule has 0 aliphatic heterocycles. The van der Waals surface area contributed by atoms with Gasteiger partial charge in [0.25, 0.3) is 0 Å². The number of hydrogen-bond acceptors (Lipinski definition) is 1. The van der Waals surface area contributed by atoms with Crippen LogP contribution >= 0.6 is 0 Å². The SMILES string of the molecule is CC.CC(C)C(C)CO. The highest BCUT2D eigenvalue weighted by molar-refractivity contribution is 4.52. The van der Waals surface area contributed by atoms with Crippen LogP contribution in [0.25, 0.3) is 0 Å². The van der Waals surface area contributed by atoms with Gasteiger partial charge in [-0.05, 0) is 11.8 Å². The van der Waals surface area contributed by atoms with Crippen molar-refractivity contribution in [1.29, 1.82) is 0 Å². The summed E-state index contributed by atoms with van der Waals surface area (Å²) in [6.07, 6.45) is 0. The number of aliphatic hydroxyl groups excluding tert-OH is 1. The second-order valence-corrected chi connectivity index (χ2v) is 2.40. The minimum absolute atomic E-state index is 0.317. The Bertz CT molecular complexity index is 41.8. The molecule has 1 unspecified atom stereocenters. The quantitative estimate of drug-likeness (QED) is 0.611. The molecule has 9 heavy (non-hydrogen) atoms. The molecule has 0 spiro atoms. The average Bonchev–Trinajstić information content (AvgIpc) is 1.91. The van der Waals surface area contributed by atoms with Crippen molar-refractivity contribution in [2.75, 3.05) is 6.61 Å². The molecule has 0 aromatic carbocycles. The summed E-state index contributed by atoms with van der Waals surface area (Å²) >= 11 is 0. The van der Waals surface area contributed by atoms with Gasteiger partial charge in [-0.15, -0.1) is 0 Å². The Hall–Kier alpha value is -0.0400. The average molecular weight is 132 g/mol. The standard InChI is InChI=1S/C6H14O.C2H6/c1-5(2)6(3)4-7;1-2/h5-7H,4H2,1-3H3;1-2H3. The van der Waals surface area contributed by atoms with Gasteiger partial charge >= 0.3 is 0 Å². The molecule has 0 radical (unpaired) electrons. The second-order valence-electron chi connectivity index (χ2n) is 2.40. The molecule has 0 aromatic rings. The first-order valence-electron chi connectivity index (χ1n) is 3.79. The molecule has 58 valence electrons. The molecule has 0 aliphatic carbocycles. The van der Waals surface area contributed by atoms with E-state index in [0.717, 1.165) is 0 Å². The van der Waals surface area contributed by atoms with Gasteiger partial charge in [-0.2, -0.15) is 0 Å². The highest BCUT2D eigenvalue weighted by Gasteiger charge is 2.02. The predicted octanol–water partition coefficient (Wildman–Crippen LogP) is 2.30. The molecular formula is C8H20O. The summed E-state index contributed by atoms with van der Waals surface area (Å²) in [5.41, 5.74) is 0. The van der Waals surface area contributed by atoms with Gasteiger partial charge in [-0.1, -0.05) is 34.6 Å². The first-order valence-corrected chi connectivity index (χ1v) is 3.79. The van der Waals surface area contributed by atoms with E-state index < -0.39 is 0 Å². The largest absolute Gasteiger partial charge is 0.396 e. The van der Waals surface area contributed by atoms with Gasteiger partial charge in [0, 0.05) is 6.61 Å². The lowest BCUT2D eigenvalue weighted by Crippen LogP contribution is -2.07. The Morgan fingerprint density at radius 1 is 1.11 bits per heavy atom. The maximum atomic E-state index is 8.51. The predicted molar refractivity (Wildman–Crippen MR) is 42.4 cm³/mol. The number of rotatable bonds is 2. The number of hydrogen-bond donors (Lipinski definition) is 1. The monoisotopic (exact) mass is 132 g/mol. The fraction of sp³-hybridized carbons (Fsp3) is 1.00. The zero-order chi connectivity index (χ0) is 7.86. The molecule has 1 heteroatoms. The van der Waals surface area contributed by atoms with Crippen LogP contribution in [0, 0.1) is 11.8 Å². The smallest absolute Gasteiger partial charge is 0.0459 e. The van der Waals surface area contributed by atoms with Crippen LogP contribution in [-0.4, -0.2) is 11.7 Å². The van der Waals surface area contributed by atoms with Crippen LogP contribution < -0.4 is 0 Å². The molecule has 1 atom stereocenters. The van der Waals surface area contributed by atoms with Crippen molar-refractivity contribution in [3.8, 4) is 0 Å². The van der Waals surface area contributed by atoms with Gasteiger partial charge in [-0.3, -0.25) is 0 Å². The highest BCUT2D eigenvalue weighted by Crippen LogP contribution is 2.06. The summed E-state index contributed by atoms with van der Waals surface area (Å²) in [7, 11) is 0. The summed E-state index contributed by atoms with van der Waals surface area (Å²) in [5, 5.41) is 8.51. The molecule has 0 fully saturated rings. The summed E-state index contributed by atoms with van der Waals surface area (Å²) < 4.78 is 0. The van der Waals surface area contributed by atoms with Gasteiger partial charge in [0.05, 0.1) is 0 Å². The van der Waals surface area contributed by atoms with Crippen LogP contribution in [0.15, 0.2) is 0 Å². The van der Waals surface area contributed by atoms with Crippen LogP contribution in [0.1, 0.15) is 34.6 Å². The fourth-order valence-electron chi connectivity index (χ4n) is 0.211. The topological polar surface area (TPSA) is 20.2 Å². The van der Waals surface area contributed by atoms with Gasteiger partial charge in [0.15, 0.2) is 0 Å². The number of aliphatic hydroxyl groups is 1. The molecule has 0 saturated heterocycles. The van der Waals surface area contributed by atoms with E-state index in [1.807, 2.05) is 20.8 Å². The van der Waals surface area contributed by atoms with Gasteiger partial charge in [0.2, 0.25) is 0 Å². The summed E-state index contributed by atoms with van der Waals surface area (Å²) in [6.45, 7) is 10.6. The molecule has 0 aliphatic rings. The maximum Gasteiger partial charge on any atom is 0.0459 e. The maximum absolute atomic E-state index is 8.51. The summed E-state index contributed by atoms with van der Waals surface area (Å²) in [4.78, 5) is 0. The van der Waals surface area contributed by atoms with Crippen LogP contribution in [0.4, 0.5) is 0 Å². The van der Waals surface area contributed by atoms with Crippen molar-refractivity contribution in [2.45, 2.75) is 34.6 Å². The molecule has 0 saturated carbocycles. The zero-order valence-electron chi connectivity index (χ0n) is 7.31. The lowest BCUT2D eigenvalue weighted by Gasteiger charge is -2.09. The molecular weight excluding hydrogens is 112 g/mol. The lowest BCUT2D eigenvalue weighted by atomic mass is 10.00. The van der Waals surface area contributed by atoms with Crippen molar-refractivity contribution < 1.29 is 5.11 Å². The molecule has 0 amide bonds. The van der Waals surface area contributed by atoms with E-state index >= 15 is 0 Å². The highest BCUT2D eigenvalue weighted by atomic mass is 16.3. The van der Waals surface area contributed by atoms with E-state index in [2.05, 4.69) is 13.8 Å². The third-order valence-corrected chi connectivity index (χ3v) is 1.43. The first-order chi connectivity index (χ1) is 4.18. The van der Waals surface area contributed by atoms with Crippen LogP contribution in [0.5, 0.6) is 0 Å². The van der Waals surface area contributed by atoms with Gasteiger partial charge < -0.3 is 5.11 Å². The van der Waals surface area contributed by atoms with Crippen molar-refractivity contribution in [3.63, 3.8) is 0 Å². The molecule has 0 bridgehead atoms. The van der Waals surface area contributed by atoms with E-state index in [1.165, 1.54) is 0 Å². The van der Waals surface area contributed by atoms with Crippen molar-refractivity contribution in [1.82, 2.24) is 0 Å². The van der Waals surface area contributed by atoms with E-state index in [0.29, 0.717) is 18.4 Å². The summed E-state index contributed by atoms with van der Waals surface area (Å²) in [6, 6.07) is 0. The van der Waals surface area contributed by atoms with E-state index in [9.17, 15) is 0 Å². The minimum Gasteiger partial charge on any atom is -0.396 e. The van der Waals surface area contributed by atoms with E-state index in [-0.39, 0.29) is 0 Å². The Kier molecular flexibility index (Phi) is 10.4. The van der Waals surface area contributed by atoms with Gasteiger partial charge in [-0.25, -0.2) is 0 Å². The van der Waals surface area contributed by atoms with Crippen LogP contribution in [-0.2, 0) is 0 Å². The van der Waals surface area contributed by atoms with Crippen molar-refractivity contribution in [3.05, 3.63) is 0 Å². The van der Waals surface area contributed by atoms with Crippen LogP contribution in [0.3, 0.4) is 0 Å². The third kappa shape index (κ3) is 7.96. The van der Waals surface area contributed by atoms with E-state index in [1.54, 1.807) is 0 Å². The summed E-state index contributed by atoms with van der Waals surface area (Å²) in [5.74, 6) is 1.07. The molecule has 0 aromatic heterocycles. The Balaban J connectivity index is 0.